The molecule has 0 amide bonds. The Labute approximate surface area is 140 Å². The number of nitrogens with zero attached hydrogens (tertiary/aromatic N) is 1. The molecule has 0 radical (unpaired) electrons. The quantitative estimate of drug-likeness (QED) is 0.680. The van der Waals surface area contributed by atoms with Gasteiger partial charge in [-0.05, 0) is 42.4 Å². The number of aliphatic hydroxyl groups excluding tert-OH is 1. The smallest absolute Gasteiger partial charge is 0.118 e. The third-order valence-corrected chi connectivity index (χ3v) is 4.01. The van der Waals surface area contributed by atoms with Crippen LogP contribution in [0.1, 0.15) is 32.3 Å². The van der Waals surface area contributed by atoms with Crippen molar-refractivity contribution in [3.8, 4) is 5.75 Å². The van der Waals surface area contributed by atoms with Crippen LogP contribution in [0.2, 0.25) is 0 Å². The minimum Gasteiger partial charge on any atom is -0.497 e. The molecule has 0 spiro atoms. The molecule has 1 atom stereocenters. The van der Waals surface area contributed by atoms with Gasteiger partial charge in [0.15, 0.2) is 0 Å². The number of rotatable bonds is 11. The number of aliphatic hydroxyl groups is 1. The van der Waals surface area contributed by atoms with E-state index in [0.29, 0.717) is 25.7 Å². The summed E-state index contributed by atoms with van der Waals surface area (Å²) in [5.74, 6) is 2.19. The van der Waals surface area contributed by atoms with Crippen LogP contribution in [0, 0.1) is 11.8 Å². The van der Waals surface area contributed by atoms with Gasteiger partial charge in [-0.3, -0.25) is 4.90 Å². The summed E-state index contributed by atoms with van der Waals surface area (Å²) < 4.78 is 10.8. The van der Waals surface area contributed by atoms with Crippen molar-refractivity contribution < 1.29 is 14.6 Å². The summed E-state index contributed by atoms with van der Waals surface area (Å²) in [5.41, 5.74) is 1.25. The lowest BCUT2D eigenvalue weighted by Gasteiger charge is -2.25. The van der Waals surface area contributed by atoms with Gasteiger partial charge in [0.1, 0.15) is 5.75 Å². The van der Waals surface area contributed by atoms with Crippen molar-refractivity contribution in [1.82, 2.24) is 4.90 Å². The number of benzene rings is 1. The first kappa shape index (κ1) is 18.2. The molecular weight excluding hydrogens is 290 g/mol. The van der Waals surface area contributed by atoms with Gasteiger partial charge < -0.3 is 14.6 Å². The highest BCUT2D eigenvalue weighted by Gasteiger charge is 2.25. The first-order chi connectivity index (χ1) is 11.1. The second kappa shape index (κ2) is 9.26. The molecule has 1 aromatic rings. The number of hydrogen-bond acceptors (Lipinski definition) is 4. The van der Waals surface area contributed by atoms with Crippen molar-refractivity contribution >= 4 is 0 Å². The van der Waals surface area contributed by atoms with Crippen LogP contribution in [0.4, 0.5) is 0 Å². The molecule has 0 bridgehead atoms. The highest BCUT2D eigenvalue weighted by atomic mass is 16.5. The molecule has 1 aromatic carbocycles. The Balaban J connectivity index is 1.82. The van der Waals surface area contributed by atoms with E-state index in [1.54, 1.807) is 7.11 Å². The summed E-state index contributed by atoms with van der Waals surface area (Å²) in [6.45, 7) is 7.96. The molecule has 1 fully saturated rings. The largest absolute Gasteiger partial charge is 0.497 e. The lowest BCUT2D eigenvalue weighted by molar-refractivity contribution is 0.00620. The maximum absolute atomic E-state index is 10.2. The molecule has 130 valence electrons. The van der Waals surface area contributed by atoms with Crippen LogP contribution in [0.3, 0.4) is 0 Å². The Kier molecular flexibility index (Phi) is 7.34. The zero-order valence-electron chi connectivity index (χ0n) is 14.7. The van der Waals surface area contributed by atoms with E-state index in [4.69, 9.17) is 9.47 Å². The maximum atomic E-state index is 10.2. The first-order valence-electron chi connectivity index (χ1n) is 8.68. The van der Waals surface area contributed by atoms with Crippen molar-refractivity contribution in [3.05, 3.63) is 29.8 Å². The van der Waals surface area contributed by atoms with Gasteiger partial charge in [0.05, 0.1) is 19.8 Å². The lowest BCUT2D eigenvalue weighted by Crippen LogP contribution is -2.36. The fourth-order valence-corrected chi connectivity index (χ4v) is 2.65. The molecule has 2 rings (SSSR count). The molecule has 0 saturated heterocycles. The van der Waals surface area contributed by atoms with E-state index in [0.717, 1.165) is 24.8 Å². The van der Waals surface area contributed by atoms with Gasteiger partial charge >= 0.3 is 0 Å². The van der Waals surface area contributed by atoms with E-state index in [2.05, 4.69) is 30.9 Å². The van der Waals surface area contributed by atoms with Crippen molar-refractivity contribution in [3.63, 3.8) is 0 Å². The zero-order chi connectivity index (χ0) is 16.7. The summed E-state index contributed by atoms with van der Waals surface area (Å²) in [7, 11) is 1.68. The molecule has 1 saturated carbocycles. The van der Waals surface area contributed by atoms with Gasteiger partial charge in [-0.25, -0.2) is 0 Å². The van der Waals surface area contributed by atoms with Gasteiger partial charge in [-0.15, -0.1) is 0 Å². The van der Waals surface area contributed by atoms with Crippen LogP contribution in [0.25, 0.3) is 0 Å². The van der Waals surface area contributed by atoms with Crippen LogP contribution in [0.15, 0.2) is 24.3 Å². The number of ether oxygens (including phenoxy) is 2. The Hall–Kier alpha value is -1.10. The topological polar surface area (TPSA) is 41.9 Å². The third kappa shape index (κ3) is 7.34. The summed E-state index contributed by atoms with van der Waals surface area (Å²) in [6, 6.07) is 8.18. The fourth-order valence-electron chi connectivity index (χ4n) is 2.65. The van der Waals surface area contributed by atoms with E-state index < -0.39 is 6.10 Å². The normalized spacial score (nSPS) is 16.1. The Bertz CT molecular complexity index is 442. The molecule has 1 aliphatic rings. The van der Waals surface area contributed by atoms with Crippen LogP contribution < -0.4 is 4.74 Å². The molecule has 0 unspecified atom stereocenters. The van der Waals surface area contributed by atoms with E-state index in [-0.39, 0.29) is 0 Å². The Morgan fingerprint density at radius 2 is 1.87 bits per heavy atom. The van der Waals surface area contributed by atoms with Gasteiger partial charge in [-0.2, -0.15) is 0 Å². The van der Waals surface area contributed by atoms with E-state index in [1.807, 2.05) is 12.1 Å². The predicted octanol–water partition coefficient (Wildman–Crippen LogP) is 2.94. The lowest BCUT2D eigenvalue weighted by atomic mass is 10.2. The average molecular weight is 321 g/mol. The molecule has 23 heavy (non-hydrogen) atoms. The Morgan fingerprint density at radius 3 is 2.43 bits per heavy atom. The molecule has 0 aliphatic heterocycles. The second-order valence-corrected chi connectivity index (χ2v) is 7.07. The minimum absolute atomic E-state index is 0.419. The summed E-state index contributed by atoms with van der Waals surface area (Å²) in [6.07, 6.45) is 2.21. The minimum atomic E-state index is -0.425. The van der Waals surface area contributed by atoms with Crippen molar-refractivity contribution in [2.24, 2.45) is 11.8 Å². The molecule has 1 aliphatic carbocycles. The summed E-state index contributed by atoms with van der Waals surface area (Å²) in [5, 5.41) is 10.2. The molecule has 0 heterocycles. The molecule has 4 nitrogen and oxygen atoms in total. The van der Waals surface area contributed by atoms with Gasteiger partial charge in [0.2, 0.25) is 0 Å². The van der Waals surface area contributed by atoms with Crippen LogP contribution in [0.5, 0.6) is 5.75 Å². The van der Waals surface area contributed by atoms with Crippen molar-refractivity contribution in [2.75, 3.05) is 33.4 Å². The van der Waals surface area contributed by atoms with Gasteiger partial charge in [-0.1, -0.05) is 26.0 Å². The third-order valence-electron chi connectivity index (χ3n) is 4.01. The van der Waals surface area contributed by atoms with Crippen LogP contribution >= 0.6 is 0 Å². The monoisotopic (exact) mass is 321 g/mol. The molecule has 4 heteroatoms. The highest BCUT2D eigenvalue weighted by molar-refractivity contribution is 5.27. The van der Waals surface area contributed by atoms with E-state index in [9.17, 15) is 5.11 Å². The fraction of sp³-hybridized carbons (Fsp3) is 0.684. The second-order valence-electron chi connectivity index (χ2n) is 7.07. The Morgan fingerprint density at radius 1 is 1.17 bits per heavy atom. The van der Waals surface area contributed by atoms with Crippen LogP contribution in [-0.2, 0) is 11.3 Å². The molecular formula is C19H31NO3. The molecule has 1 N–H and O–H groups in total. The van der Waals surface area contributed by atoms with E-state index in [1.165, 1.54) is 18.4 Å². The predicted molar refractivity (Wildman–Crippen MR) is 92.7 cm³/mol. The summed E-state index contributed by atoms with van der Waals surface area (Å²) in [4.78, 5) is 2.35. The SMILES string of the molecule is COc1ccc(CN(CC2CC2)C[C@@H](O)COCC(C)C)cc1. The standard InChI is InChI=1S/C19H31NO3/c1-15(2)13-23-14-18(21)12-20(10-16-4-5-16)11-17-6-8-19(22-3)9-7-17/h6-9,15-16,18,21H,4-5,10-14H2,1-3H3/t18-/m1/s1. The van der Waals surface area contributed by atoms with Gasteiger partial charge in [0.25, 0.3) is 0 Å². The van der Waals surface area contributed by atoms with Crippen molar-refractivity contribution in [2.45, 2.75) is 39.3 Å². The summed E-state index contributed by atoms with van der Waals surface area (Å²) >= 11 is 0. The number of hydrogen-bond donors (Lipinski definition) is 1. The van der Waals surface area contributed by atoms with Gasteiger partial charge in [0, 0.05) is 26.2 Å². The van der Waals surface area contributed by atoms with Crippen molar-refractivity contribution in [1.29, 1.82) is 0 Å². The average Bonchev–Trinajstić information content (AvgIpc) is 3.31. The maximum Gasteiger partial charge on any atom is 0.118 e. The first-order valence-corrected chi connectivity index (χ1v) is 8.68. The van der Waals surface area contributed by atoms with E-state index >= 15 is 0 Å². The number of methoxy groups -OCH3 is 1. The van der Waals surface area contributed by atoms with Crippen LogP contribution in [-0.4, -0.2) is 49.5 Å². The molecule has 0 aromatic heterocycles. The highest BCUT2D eigenvalue weighted by Crippen LogP contribution is 2.30. The zero-order valence-corrected chi connectivity index (χ0v) is 14.7.